The predicted molar refractivity (Wildman–Crippen MR) is 90.1 cm³/mol. The molecule has 0 radical (unpaired) electrons. The highest BCUT2D eigenvalue weighted by Gasteiger charge is 2.26. The molecule has 0 aromatic heterocycles. The number of hydrogen-bond acceptors (Lipinski definition) is 3. The van der Waals surface area contributed by atoms with E-state index in [4.69, 9.17) is 9.47 Å². The van der Waals surface area contributed by atoms with Gasteiger partial charge in [0.1, 0.15) is 0 Å². The van der Waals surface area contributed by atoms with Crippen LogP contribution >= 0.6 is 15.9 Å². The summed E-state index contributed by atoms with van der Waals surface area (Å²) in [6.07, 6.45) is 3.96. The molecule has 0 aliphatic heterocycles. The number of methoxy groups -OCH3 is 2. The fourth-order valence-corrected chi connectivity index (χ4v) is 3.61. The summed E-state index contributed by atoms with van der Waals surface area (Å²) < 4.78 is 11.8. The monoisotopic (exact) mass is 355 g/mol. The molecule has 1 saturated carbocycles. The predicted octanol–water partition coefficient (Wildman–Crippen LogP) is 4.38. The first-order valence-electron chi connectivity index (χ1n) is 7.70. The molecule has 3 nitrogen and oxygen atoms in total. The fourth-order valence-electron chi connectivity index (χ4n) is 3.14. The second kappa shape index (κ2) is 7.50. The molecule has 1 aliphatic carbocycles. The van der Waals surface area contributed by atoms with Gasteiger partial charge in [-0.3, -0.25) is 0 Å². The molecule has 3 atom stereocenters. The molecule has 1 aromatic rings. The summed E-state index contributed by atoms with van der Waals surface area (Å²) in [5.41, 5.74) is 1.21. The maximum Gasteiger partial charge on any atom is 0.161 e. The minimum Gasteiger partial charge on any atom is -0.493 e. The molecule has 0 amide bonds. The van der Waals surface area contributed by atoms with E-state index >= 15 is 0 Å². The molecular formula is C17H26BrNO2. The van der Waals surface area contributed by atoms with Gasteiger partial charge in [-0.25, -0.2) is 0 Å². The molecule has 118 valence electrons. The van der Waals surface area contributed by atoms with E-state index in [9.17, 15) is 0 Å². The van der Waals surface area contributed by atoms with Crippen LogP contribution < -0.4 is 14.8 Å². The van der Waals surface area contributed by atoms with Crippen molar-refractivity contribution < 1.29 is 9.47 Å². The van der Waals surface area contributed by atoms with Gasteiger partial charge < -0.3 is 14.8 Å². The summed E-state index contributed by atoms with van der Waals surface area (Å²) in [5.74, 6) is 3.08. The van der Waals surface area contributed by atoms with Crippen LogP contribution in [-0.4, -0.2) is 20.3 Å². The van der Waals surface area contributed by atoms with Crippen LogP contribution in [0.5, 0.6) is 11.5 Å². The van der Waals surface area contributed by atoms with Gasteiger partial charge in [-0.15, -0.1) is 0 Å². The largest absolute Gasteiger partial charge is 0.493 e. The molecule has 1 fully saturated rings. The van der Waals surface area contributed by atoms with Crippen LogP contribution in [0.25, 0.3) is 0 Å². The van der Waals surface area contributed by atoms with Crippen LogP contribution in [0.1, 0.15) is 38.7 Å². The molecular weight excluding hydrogens is 330 g/mol. The first-order chi connectivity index (χ1) is 10.1. The summed E-state index contributed by atoms with van der Waals surface area (Å²) in [6, 6.07) is 4.63. The van der Waals surface area contributed by atoms with Crippen LogP contribution in [0, 0.1) is 11.8 Å². The second-order valence-electron chi connectivity index (χ2n) is 6.05. The van der Waals surface area contributed by atoms with E-state index in [1.165, 1.54) is 24.8 Å². The first kappa shape index (κ1) is 16.6. The summed E-state index contributed by atoms with van der Waals surface area (Å²) >= 11 is 3.63. The van der Waals surface area contributed by atoms with Gasteiger partial charge in [0, 0.05) is 17.1 Å². The lowest BCUT2D eigenvalue weighted by molar-refractivity contribution is 0.206. The van der Waals surface area contributed by atoms with Crippen LogP contribution in [0.3, 0.4) is 0 Å². The van der Waals surface area contributed by atoms with Crippen molar-refractivity contribution in [2.24, 2.45) is 11.8 Å². The second-order valence-corrected chi connectivity index (χ2v) is 6.91. The highest BCUT2D eigenvalue weighted by Crippen LogP contribution is 2.34. The standard InChI is InChI=1S/C17H26BrNO2/c1-11-6-5-7-15(12(11)2)19-10-13-8-16(20-3)17(21-4)9-14(13)18/h8-9,11-12,15,19H,5-7,10H2,1-4H3. The van der Waals surface area contributed by atoms with E-state index in [1.54, 1.807) is 14.2 Å². The Balaban J connectivity index is 2.06. The number of halogens is 1. The van der Waals surface area contributed by atoms with Crippen molar-refractivity contribution in [2.75, 3.05) is 14.2 Å². The normalized spacial score (nSPS) is 25.7. The molecule has 1 aliphatic rings. The van der Waals surface area contributed by atoms with Crippen molar-refractivity contribution in [3.63, 3.8) is 0 Å². The Kier molecular flexibility index (Phi) is 5.94. The van der Waals surface area contributed by atoms with Gasteiger partial charge in [-0.1, -0.05) is 42.6 Å². The lowest BCUT2D eigenvalue weighted by atomic mass is 9.78. The van der Waals surface area contributed by atoms with E-state index in [-0.39, 0.29) is 0 Å². The molecule has 21 heavy (non-hydrogen) atoms. The van der Waals surface area contributed by atoms with Gasteiger partial charge in [0.25, 0.3) is 0 Å². The Morgan fingerprint density at radius 1 is 1.14 bits per heavy atom. The minimum absolute atomic E-state index is 0.605. The average Bonchev–Trinajstić information content (AvgIpc) is 2.49. The van der Waals surface area contributed by atoms with Crippen molar-refractivity contribution in [1.29, 1.82) is 0 Å². The van der Waals surface area contributed by atoms with Gasteiger partial charge in [0.2, 0.25) is 0 Å². The number of benzene rings is 1. The Labute approximate surface area is 136 Å². The Hall–Kier alpha value is -0.740. The summed E-state index contributed by atoms with van der Waals surface area (Å²) in [6.45, 7) is 5.58. The topological polar surface area (TPSA) is 30.5 Å². The van der Waals surface area contributed by atoms with Gasteiger partial charge in [0.15, 0.2) is 11.5 Å². The van der Waals surface area contributed by atoms with Crippen molar-refractivity contribution >= 4 is 15.9 Å². The van der Waals surface area contributed by atoms with E-state index < -0.39 is 0 Å². The first-order valence-corrected chi connectivity index (χ1v) is 8.50. The third-order valence-electron chi connectivity index (χ3n) is 4.81. The summed E-state index contributed by atoms with van der Waals surface area (Å²) in [4.78, 5) is 0. The van der Waals surface area contributed by atoms with E-state index in [0.29, 0.717) is 6.04 Å². The number of ether oxygens (including phenoxy) is 2. The zero-order valence-corrected chi connectivity index (χ0v) is 15.0. The molecule has 0 bridgehead atoms. The van der Waals surface area contributed by atoms with Crippen LogP contribution in [0.4, 0.5) is 0 Å². The van der Waals surface area contributed by atoms with Crippen molar-refractivity contribution in [2.45, 2.75) is 45.7 Å². The quantitative estimate of drug-likeness (QED) is 0.849. The van der Waals surface area contributed by atoms with Gasteiger partial charge >= 0.3 is 0 Å². The SMILES string of the molecule is COc1cc(Br)c(CNC2CCCC(C)C2C)cc1OC. The van der Waals surface area contributed by atoms with Crippen LogP contribution in [-0.2, 0) is 6.54 Å². The van der Waals surface area contributed by atoms with Crippen LogP contribution in [0.15, 0.2) is 16.6 Å². The van der Waals surface area contributed by atoms with Crippen LogP contribution in [0.2, 0.25) is 0 Å². The van der Waals surface area contributed by atoms with E-state index in [2.05, 4.69) is 35.1 Å². The summed E-state index contributed by atoms with van der Waals surface area (Å²) in [5, 5.41) is 3.72. The number of nitrogens with one attached hydrogen (secondary N) is 1. The average molecular weight is 356 g/mol. The van der Waals surface area contributed by atoms with E-state index in [0.717, 1.165) is 34.4 Å². The van der Waals surface area contributed by atoms with Crippen molar-refractivity contribution in [1.82, 2.24) is 5.32 Å². The van der Waals surface area contributed by atoms with Crippen molar-refractivity contribution in [3.8, 4) is 11.5 Å². The fraction of sp³-hybridized carbons (Fsp3) is 0.647. The highest BCUT2D eigenvalue weighted by atomic mass is 79.9. The van der Waals surface area contributed by atoms with Gasteiger partial charge in [-0.2, -0.15) is 0 Å². The Morgan fingerprint density at radius 3 is 2.48 bits per heavy atom. The minimum atomic E-state index is 0.605. The lowest BCUT2D eigenvalue weighted by Gasteiger charge is -2.35. The van der Waals surface area contributed by atoms with Crippen molar-refractivity contribution in [3.05, 3.63) is 22.2 Å². The molecule has 2 rings (SSSR count). The maximum absolute atomic E-state index is 5.39. The Bertz CT molecular complexity index is 478. The number of hydrogen-bond donors (Lipinski definition) is 1. The molecule has 4 heteroatoms. The van der Waals surface area contributed by atoms with Gasteiger partial charge in [0.05, 0.1) is 14.2 Å². The highest BCUT2D eigenvalue weighted by molar-refractivity contribution is 9.10. The summed E-state index contributed by atoms with van der Waals surface area (Å²) in [7, 11) is 3.33. The smallest absolute Gasteiger partial charge is 0.161 e. The molecule has 1 aromatic carbocycles. The van der Waals surface area contributed by atoms with Gasteiger partial charge in [-0.05, 0) is 36.0 Å². The molecule has 1 N–H and O–H groups in total. The zero-order chi connectivity index (χ0) is 15.4. The third kappa shape index (κ3) is 3.92. The number of rotatable bonds is 5. The zero-order valence-electron chi connectivity index (χ0n) is 13.4. The molecule has 0 spiro atoms. The lowest BCUT2D eigenvalue weighted by Crippen LogP contribution is -2.40. The molecule has 0 heterocycles. The third-order valence-corrected chi connectivity index (χ3v) is 5.55. The van der Waals surface area contributed by atoms with E-state index in [1.807, 2.05) is 12.1 Å². The molecule has 3 unspecified atom stereocenters. The molecule has 0 saturated heterocycles. The Morgan fingerprint density at radius 2 is 1.81 bits per heavy atom. The maximum atomic E-state index is 5.39.